The average molecular weight is 451 g/mol. The minimum Gasteiger partial charge on any atom is -0.371 e. The summed E-state index contributed by atoms with van der Waals surface area (Å²) in [5, 5.41) is 10.8. The summed E-state index contributed by atoms with van der Waals surface area (Å²) in [4.78, 5) is 27.4. The number of fused-ring (bicyclic) bond motifs is 2. The van der Waals surface area contributed by atoms with Gasteiger partial charge >= 0.3 is 0 Å². The molecule has 2 aliphatic rings. The van der Waals surface area contributed by atoms with Crippen LogP contribution in [-0.2, 0) is 13.6 Å². The largest absolute Gasteiger partial charge is 0.371 e. The topological polar surface area (TPSA) is 119 Å². The molecule has 32 heavy (non-hydrogen) atoms. The minimum absolute atomic E-state index is 0.187. The van der Waals surface area contributed by atoms with Gasteiger partial charge in [-0.1, -0.05) is 5.16 Å². The zero-order valence-electron chi connectivity index (χ0n) is 17.4. The average Bonchev–Trinajstić information content (AvgIpc) is 3.19. The van der Waals surface area contributed by atoms with Crippen molar-refractivity contribution in [3.8, 4) is 0 Å². The molecule has 4 heterocycles. The number of piperidine rings is 1. The van der Waals surface area contributed by atoms with Gasteiger partial charge in [0.1, 0.15) is 12.9 Å². The number of imidazole rings is 1. The van der Waals surface area contributed by atoms with Gasteiger partial charge in [-0.3, -0.25) is 9.36 Å². The Morgan fingerprint density at radius 1 is 1.22 bits per heavy atom. The first-order valence-electron chi connectivity index (χ1n) is 10.2. The smallest absolute Gasteiger partial charge is 0.280 e. The van der Waals surface area contributed by atoms with Gasteiger partial charge in [-0.05, 0) is 36.5 Å². The Balaban J connectivity index is 0.000000136. The lowest BCUT2D eigenvalue weighted by Crippen LogP contribution is -2.22. The van der Waals surface area contributed by atoms with Crippen molar-refractivity contribution in [2.75, 3.05) is 18.0 Å². The third kappa shape index (κ3) is 3.91. The number of hydrogen-bond acceptors (Lipinski definition) is 9. The highest BCUT2D eigenvalue weighted by molar-refractivity contribution is 7.80. The molecule has 1 aliphatic carbocycles. The summed E-state index contributed by atoms with van der Waals surface area (Å²) in [5.41, 5.74) is 2.86. The molecule has 10 nitrogen and oxygen atoms in total. The van der Waals surface area contributed by atoms with E-state index in [1.807, 2.05) is 6.07 Å². The molecule has 3 aromatic heterocycles. The third-order valence-electron chi connectivity index (χ3n) is 5.92. The summed E-state index contributed by atoms with van der Waals surface area (Å²) in [5.74, 6) is 2.25. The number of rotatable bonds is 4. The van der Waals surface area contributed by atoms with E-state index in [1.165, 1.54) is 48.6 Å². The Morgan fingerprint density at radius 2 is 2.00 bits per heavy atom. The van der Waals surface area contributed by atoms with Crippen molar-refractivity contribution >= 4 is 35.7 Å². The Labute approximate surface area is 188 Å². The third-order valence-corrected chi connectivity index (χ3v) is 6.33. The maximum atomic E-state index is 12.1. The number of thiol groups is 1. The summed E-state index contributed by atoms with van der Waals surface area (Å²) in [6.07, 6.45) is 7.07. The molecule has 0 amide bonds. The highest BCUT2D eigenvalue weighted by atomic mass is 32.1. The molecule has 0 unspecified atom stereocenters. The lowest BCUT2D eigenvalue weighted by atomic mass is 10.2. The lowest BCUT2D eigenvalue weighted by Gasteiger charge is -2.20. The van der Waals surface area contributed by atoms with Crippen molar-refractivity contribution in [1.29, 1.82) is 5.41 Å². The molecule has 0 radical (unpaired) electrons. The van der Waals surface area contributed by atoms with Crippen LogP contribution >= 0.6 is 12.6 Å². The maximum Gasteiger partial charge on any atom is 0.280 e. The molecule has 164 valence electrons. The van der Waals surface area contributed by atoms with Crippen LogP contribution in [-0.4, -0.2) is 48.5 Å². The fourth-order valence-corrected chi connectivity index (χ4v) is 4.26. The van der Waals surface area contributed by atoms with Gasteiger partial charge in [0.2, 0.25) is 5.89 Å². The van der Waals surface area contributed by atoms with Crippen molar-refractivity contribution in [1.82, 2.24) is 29.2 Å². The molecule has 2 fully saturated rings. The summed E-state index contributed by atoms with van der Waals surface area (Å²) in [7, 11) is 1.75. The van der Waals surface area contributed by atoms with E-state index in [2.05, 4.69) is 49.8 Å². The van der Waals surface area contributed by atoms with Gasteiger partial charge in [0.15, 0.2) is 17.5 Å². The quantitative estimate of drug-likeness (QED) is 0.360. The molecule has 11 heteroatoms. The second-order valence-electron chi connectivity index (χ2n) is 8.09. The standard InChI is InChI=1S/C12H14N2S.C9H8N6O2/c13-5-8-4-11(1-2-12(8)15)14-6-9-3-10(9)7-14;1-14-4-11-8-7(14)9(16)15(5-12-8)2-6-10-3-13-17-6/h1-2,4-5,9-10,13,15H,3,6-7H2;3-5H,2H2,1H3/t9-,10+;. The van der Waals surface area contributed by atoms with Crippen LogP contribution in [0.4, 0.5) is 5.69 Å². The molecular formula is C21H22N8O2S. The second-order valence-corrected chi connectivity index (χ2v) is 8.57. The molecule has 4 aromatic rings. The molecule has 1 saturated heterocycles. The molecule has 1 N–H and O–H groups in total. The first-order valence-corrected chi connectivity index (χ1v) is 10.7. The van der Waals surface area contributed by atoms with E-state index in [4.69, 9.17) is 9.93 Å². The van der Waals surface area contributed by atoms with Gasteiger partial charge in [-0.25, -0.2) is 9.97 Å². The monoisotopic (exact) mass is 450 g/mol. The zero-order valence-corrected chi connectivity index (χ0v) is 18.3. The molecule has 0 spiro atoms. The summed E-state index contributed by atoms with van der Waals surface area (Å²) in [6.45, 7) is 2.61. The second kappa shape index (κ2) is 8.23. The van der Waals surface area contributed by atoms with Gasteiger partial charge in [-0.2, -0.15) is 4.98 Å². The summed E-state index contributed by atoms with van der Waals surface area (Å²) < 4.78 is 7.88. The van der Waals surface area contributed by atoms with Crippen molar-refractivity contribution in [2.24, 2.45) is 18.9 Å². The normalized spacial score (nSPS) is 18.9. The Morgan fingerprint density at radius 3 is 2.72 bits per heavy atom. The Kier molecular flexibility index (Phi) is 5.25. The number of nitrogens with one attached hydrogen (secondary N) is 1. The number of hydrogen-bond donors (Lipinski definition) is 2. The van der Waals surface area contributed by atoms with Gasteiger partial charge in [0.25, 0.3) is 5.56 Å². The van der Waals surface area contributed by atoms with E-state index in [0.717, 1.165) is 22.3 Å². The molecular weight excluding hydrogens is 428 g/mol. The van der Waals surface area contributed by atoms with E-state index >= 15 is 0 Å². The first kappa shape index (κ1) is 20.4. The summed E-state index contributed by atoms with van der Waals surface area (Å²) in [6, 6.07) is 6.17. The highest BCUT2D eigenvalue weighted by Crippen LogP contribution is 2.46. The van der Waals surface area contributed by atoms with Gasteiger partial charge < -0.3 is 19.4 Å². The van der Waals surface area contributed by atoms with E-state index < -0.39 is 0 Å². The number of nitrogens with zero attached hydrogens (tertiary/aromatic N) is 7. The van der Waals surface area contributed by atoms with Gasteiger partial charge in [0, 0.05) is 42.5 Å². The Hall–Kier alpha value is -3.47. The SMILES string of the molecule is Cn1cnc2ncn(Cc3ncno3)c(=O)c21.N=Cc1cc(N2C[C@H]3C[C@H]3C2)ccc1S. The molecule has 1 aromatic carbocycles. The van der Waals surface area contributed by atoms with E-state index in [9.17, 15) is 4.79 Å². The molecule has 1 aliphatic heterocycles. The molecule has 0 bridgehead atoms. The highest BCUT2D eigenvalue weighted by Gasteiger charge is 2.45. The van der Waals surface area contributed by atoms with E-state index in [-0.39, 0.29) is 12.1 Å². The number of anilines is 1. The van der Waals surface area contributed by atoms with Crippen molar-refractivity contribution < 1.29 is 4.52 Å². The predicted octanol–water partition coefficient (Wildman–Crippen LogP) is 1.99. The van der Waals surface area contributed by atoms with Crippen LogP contribution in [0.2, 0.25) is 0 Å². The number of aromatic nitrogens is 6. The van der Waals surface area contributed by atoms with E-state index in [0.29, 0.717) is 17.1 Å². The first-order chi connectivity index (χ1) is 15.5. The number of aryl methyl sites for hydroxylation is 1. The fraction of sp³-hybridized carbons (Fsp3) is 0.333. The molecule has 1 saturated carbocycles. The predicted molar refractivity (Wildman–Crippen MR) is 122 cm³/mol. The minimum atomic E-state index is -0.187. The van der Waals surface area contributed by atoms with Crippen LogP contribution in [0.15, 0.2) is 51.4 Å². The van der Waals surface area contributed by atoms with Crippen LogP contribution < -0.4 is 10.5 Å². The van der Waals surface area contributed by atoms with Crippen LogP contribution in [0, 0.1) is 17.2 Å². The fourth-order valence-electron chi connectivity index (χ4n) is 4.06. The zero-order chi connectivity index (χ0) is 22.2. The van der Waals surface area contributed by atoms with Gasteiger partial charge in [0.05, 0.1) is 6.33 Å². The van der Waals surface area contributed by atoms with Crippen LogP contribution in [0.1, 0.15) is 17.9 Å². The molecule has 6 rings (SSSR count). The van der Waals surface area contributed by atoms with Crippen LogP contribution in [0.25, 0.3) is 11.2 Å². The van der Waals surface area contributed by atoms with Crippen molar-refractivity contribution in [3.63, 3.8) is 0 Å². The van der Waals surface area contributed by atoms with Crippen LogP contribution in [0.3, 0.4) is 0 Å². The van der Waals surface area contributed by atoms with Crippen molar-refractivity contribution in [3.05, 3.63) is 59.0 Å². The summed E-state index contributed by atoms with van der Waals surface area (Å²) >= 11 is 4.32. The van der Waals surface area contributed by atoms with E-state index in [1.54, 1.807) is 17.9 Å². The molecule has 2 atom stereocenters. The maximum absolute atomic E-state index is 12.1. The van der Waals surface area contributed by atoms with Crippen molar-refractivity contribution in [2.45, 2.75) is 17.9 Å². The van der Waals surface area contributed by atoms with Gasteiger partial charge in [-0.15, -0.1) is 12.6 Å². The lowest BCUT2D eigenvalue weighted by molar-refractivity contribution is 0.368. The number of benzene rings is 1. The van der Waals surface area contributed by atoms with Crippen LogP contribution in [0.5, 0.6) is 0 Å². The Bertz CT molecular complexity index is 1320.